The summed E-state index contributed by atoms with van der Waals surface area (Å²) in [7, 11) is 1.74. The van der Waals surface area contributed by atoms with Gasteiger partial charge in [0.2, 0.25) is 5.91 Å². The van der Waals surface area contributed by atoms with Gasteiger partial charge in [-0.25, -0.2) is 0 Å². The van der Waals surface area contributed by atoms with Crippen molar-refractivity contribution in [1.82, 2.24) is 16.0 Å². The fourth-order valence-corrected chi connectivity index (χ4v) is 0.530. The molecule has 0 atom stereocenters. The summed E-state index contributed by atoms with van der Waals surface area (Å²) < 4.78 is 0. The van der Waals surface area contributed by atoms with Gasteiger partial charge in [-0.1, -0.05) is 0 Å². The highest BCUT2D eigenvalue weighted by molar-refractivity contribution is 7.80. The van der Waals surface area contributed by atoms with Crippen LogP contribution in [0.4, 0.5) is 0 Å². The van der Waals surface area contributed by atoms with Gasteiger partial charge < -0.3 is 16.0 Å². The number of thiol groups is 1. The molecule has 0 bridgehead atoms. The molecule has 0 aliphatic carbocycles. The lowest BCUT2D eigenvalue weighted by molar-refractivity contribution is -0.120. The third kappa shape index (κ3) is 12.4. The van der Waals surface area contributed by atoms with Gasteiger partial charge in [0, 0.05) is 25.4 Å². The van der Waals surface area contributed by atoms with E-state index >= 15 is 0 Å². The van der Waals surface area contributed by atoms with Gasteiger partial charge in [-0.05, 0) is 7.05 Å². The van der Waals surface area contributed by atoms with Crippen LogP contribution in [0.5, 0.6) is 0 Å². The molecule has 1 amide bonds. The van der Waals surface area contributed by atoms with Crippen LogP contribution in [-0.2, 0) is 4.79 Å². The monoisotopic (exact) mass is 191 g/mol. The largest absolute Gasteiger partial charge is 0.354 e. The van der Waals surface area contributed by atoms with Crippen LogP contribution in [-0.4, -0.2) is 44.9 Å². The molecule has 0 spiro atoms. The molecule has 1 rings (SSSR count). The predicted molar refractivity (Wildman–Crippen MR) is 53.7 cm³/mol. The Labute approximate surface area is 78.9 Å². The van der Waals surface area contributed by atoms with Gasteiger partial charge in [-0.15, -0.1) is 0 Å². The Balaban J connectivity index is 0.000000330. The first-order valence-electron chi connectivity index (χ1n) is 4.04. The molecular formula is C7H17N3OS. The molecule has 1 aliphatic rings. The predicted octanol–water partition coefficient (Wildman–Crippen LogP) is -1.16. The van der Waals surface area contributed by atoms with Crippen molar-refractivity contribution >= 4 is 18.5 Å². The van der Waals surface area contributed by atoms with Crippen LogP contribution >= 0.6 is 12.6 Å². The number of hydrogen-bond donors (Lipinski definition) is 4. The zero-order valence-electron chi connectivity index (χ0n) is 7.39. The lowest BCUT2D eigenvalue weighted by atomic mass is 10.5. The molecule has 0 unspecified atom stereocenters. The molecule has 0 radical (unpaired) electrons. The van der Waals surface area contributed by atoms with Gasteiger partial charge in [0.15, 0.2) is 0 Å². The van der Waals surface area contributed by atoms with Crippen molar-refractivity contribution in [3.8, 4) is 0 Å². The molecule has 12 heavy (non-hydrogen) atoms. The lowest BCUT2D eigenvalue weighted by Gasteiger charge is -1.99. The van der Waals surface area contributed by atoms with E-state index in [0.29, 0.717) is 18.8 Å². The molecular weight excluding hydrogens is 174 g/mol. The zero-order valence-corrected chi connectivity index (χ0v) is 8.29. The smallest absolute Gasteiger partial charge is 0.233 e. The summed E-state index contributed by atoms with van der Waals surface area (Å²) in [5.41, 5.74) is 0. The summed E-state index contributed by atoms with van der Waals surface area (Å²) in [4.78, 5) is 10.6. The van der Waals surface area contributed by atoms with Crippen LogP contribution < -0.4 is 16.0 Å². The van der Waals surface area contributed by atoms with E-state index in [9.17, 15) is 4.79 Å². The van der Waals surface area contributed by atoms with Crippen molar-refractivity contribution in [3.63, 3.8) is 0 Å². The second kappa shape index (κ2) is 8.83. The first kappa shape index (κ1) is 11.7. The van der Waals surface area contributed by atoms with Crippen molar-refractivity contribution in [2.45, 2.75) is 0 Å². The van der Waals surface area contributed by atoms with E-state index in [0.717, 1.165) is 0 Å². The summed E-state index contributed by atoms with van der Waals surface area (Å²) >= 11 is 3.93. The minimum absolute atomic E-state index is 0.0200. The fourth-order valence-electron chi connectivity index (χ4n) is 0.418. The van der Waals surface area contributed by atoms with Gasteiger partial charge in [0.05, 0.1) is 6.54 Å². The number of carbonyl (C=O) groups is 1. The molecule has 5 heteroatoms. The van der Waals surface area contributed by atoms with Crippen molar-refractivity contribution in [2.75, 3.05) is 39.0 Å². The Morgan fingerprint density at radius 1 is 1.58 bits per heavy atom. The number of rotatable bonds is 4. The zero-order chi connectivity index (χ0) is 9.23. The lowest BCUT2D eigenvalue weighted by Crippen LogP contribution is -2.33. The summed E-state index contributed by atoms with van der Waals surface area (Å²) in [6.07, 6.45) is 0. The van der Waals surface area contributed by atoms with E-state index in [2.05, 4.69) is 28.6 Å². The van der Waals surface area contributed by atoms with E-state index < -0.39 is 0 Å². The van der Waals surface area contributed by atoms with Crippen LogP contribution in [0, 0.1) is 0 Å². The first-order chi connectivity index (χ1) is 5.81. The van der Waals surface area contributed by atoms with Crippen molar-refractivity contribution in [1.29, 1.82) is 0 Å². The number of nitrogens with one attached hydrogen (secondary N) is 3. The second-order valence-corrected chi connectivity index (χ2v) is 2.80. The minimum Gasteiger partial charge on any atom is -0.354 e. The summed E-state index contributed by atoms with van der Waals surface area (Å²) in [5, 5.41) is 8.39. The molecule has 0 aromatic carbocycles. The molecule has 0 aromatic rings. The van der Waals surface area contributed by atoms with Crippen LogP contribution in [0.15, 0.2) is 0 Å². The number of likely N-dealkylation sites (N-methyl/N-ethyl adjacent to an activating group) is 1. The SMILES string of the molecule is C1CN1.CNCC(=O)NCCS. The quantitative estimate of drug-likeness (QED) is 0.335. The fraction of sp³-hybridized carbons (Fsp3) is 0.857. The van der Waals surface area contributed by atoms with E-state index in [-0.39, 0.29) is 5.91 Å². The van der Waals surface area contributed by atoms with Crippen molar-refractivity contribution in [3.05, 3.63) is 0 Å². The molecule has 1 saturated heterocycles. The Kier molecular flexibility index (Phi) is 8.64. The standard InChI is InChI=1S/C5H12N2OS.C2H5N/c1-6-4-5(8)7-2-3-9;1-2-3-1/h6,9H,2-4H2,1H3,(H,7,8);3H,1-2H2. The van der Waals surface area contributed by atoms with Gasteiger partial charge in [-0.2, -0.15) is 12.6 Å². The number of hydrogen-bond acceptors (Lipinski definition) is 4. The van der Waals surface area contributed by atoms with Gasteiger partial charge in [0.25, 0.3) is 0 Å². The number of carbonyl (C=O) groups excluding carboxylic acids is 1. The molecule has 0 saturated carbocycles. The van der Waals surface area contributed by atoms with Gasteiger partial charge in [0.1, 0.15) is 0 Å². The second-order valence-electron chi connectivity index (χ2n) is 2.35. The molecule has 3 N–H and O–H groups in total. The Bertz CT molecular complexity index is 116. The van der Waals surface area contributed by atoms with Gasteiger partial charge in [-0.3, -0.25) is 4.79 Å². The molecule has 1 fully saturated rings. The Morgan fingerprint density at radius 2 is 2.17 bits per heavy atom. The molecule has 1 heterocycles. The average molecular weight is 191 g/mol. The van der Waals surface area contributed by atoms with Gasteiger partial charge >= 0.3 is 0 Å². The van der Waals surface area contributed by atoms with E-state index in [1.54, 1.807) is 7.05 Å². The first-order valence-corrected chi connectivity index (χ1v) is 4.67. The van der Waals surface area contributed by atoms with Crippen LogP contribution in [0.25, 0.3) is 0 Å². The number of amides is 1. The topological polar surface area (TPSA) is 63.1 Å². The third-order valence-corrected chi connectivity index (χ3v) is 1.24. The Morgan fingerprint density at radius 3 is 2.50 bits per heavy atom. The average Bonchev–Trinajstić information content (AvgIpc) is 2.87. The maximum Gasteiger partial charge on any atom is 0.233 e. The van der Waals surface area contributed by atoms with E-state index in [4.69, 9.17) is 0 Å². The van der Waals surface area contributed by atoms with Crippen molar-refractivity contribution < 1.29 is 4.79 Å². The van der Waals surface area contributed by atoms with Crippen molar-refractivity contribution in [2.24, 2.45) is 0 Å². The third-order valence-electron chi connectivity index (χ3n) is 1.02. The molecule has 4 nitrogen and oxygen atoms in total. The molecule has 1 aliphatic heterocycles. The van der Waals surface area contributed by atoms with E-state index in [1.807, 2.05) is 0 Å². The highest BCUT2D eigenvalue weighted by atomic mass is 32.1. The molecule has 72 valence electrons. The minimum atomic E-state index is 0.0200. The normalized spacial score (nSPS) is 12.8. The summed E-state index contributed by atoms with van der Waals surface area (Å²) in [6.45, 7) is 3.53. The summed E-state index contributed by atoms with van der Waals surface area (Å²) in [6, 6.07) is 0. The highest BCUT2D eigenvalue weighted by Gasteiger charge is 1.93. The van der Waals surface area contributed by atoms with E-state index in [1.165, 1.54) is 13.1 Å². The van der Waals surface area contributed by atoms with Crippen LogP contribution in [0.2, 0.25) is 0 Å². The summed E-state index contributed by atoms with van der Waals surface area (Å²) in [5.74, 6) is 0.710. The molecule has 0 aromatic heterocycles. The highest BCUT2D eigenvalue weighted by Crippen LogP contribution is 1.68. The van der Waals surface area contributed by atoms with Crippen LogP contribution in [0.1, 0.15) is 0 Å². The van der Waals surface area contributed by atoms with Crippen LogP contribution in [0.3, 0.4) is 0 Å². The maximum atomic E-state index is 10.6. The maximum absolute atomic E-state index is 10.6. The Hall–Kier alpha value is -0.260.